The van der Waals surface area contributed by atoms with E-state index in [1.54, 1.807) is 18.2 Å². The average molecular weight is 370 g/mol. The molecule has 0 saturated carbocycles. The number of rotatable bonds is 3. The van der Waals surface area contributed by atoms with Crippen LogP contribution >= 0.6 is 24.0 Å². The molecule has 2 aromatic carbocycles. The lowest BCUT2D eigenvalue weighted by atomic mass is 10.1. The Balaban J connectivity index is 2.01. The molecule has 5 nitrogen and oxygen atoms in total. The first kappa shape index (κ1) is 17.3. The number of aryl methyl sites for hydroxylation is 2. The first-order valence-corrected chi connectivity index (χ1v) is 8.69. The number of hydrogen-bond acceptors (Lipinski definition) is 5. The van der Waals surface area contributed by atoms with Crippen molar-refractivity contribution in [1.29, 1.82) is 0 Å². The van der Waals surface area contributed by atoms with Gasteiger partial charge in [0.15, 0.2) is 4.32 Å². The molecule has 7 heteroatoms. The molecule has 1 aliphatic rings. The Hall–Kier alpha value is -2.51. The number of carbonyl (C=O) groups is 1. The van der Waals surface area contributed by atoms with E-state index < -0.39 is 4.92 Å². The lowest BCUT2D eigenvalue weighted by Crippen LogP contribution is -2.28. The minimum absolute atomic E-state index is 0.0423. The van der Waals surface area contributed by atoms with Gasteiger partial charge in [0.25, 0.3) is 11.6 Å². The molecular weight excluding hydrogens is 356 g/mol. The van der Waals surface area contributed by atoms with Gasteiger partial charge in [-0.3, -0.25) is 19.8 Å². The van der Waals surface area contributed by atoms with Gasteiger partial charge >= 0.3 is 0 Å². The summed E-state index contributed by atoms with van der Waals surface area (Å²) in [4.78, 5) is 25.4. The zero-order valence-corrected chi connectivity index (χ0v) is 15.2. The van der Waals surface area contributed by atoms with Crippen molar-refractivity contribution in [2.45, 2.75) is 13.8 Å². The molecule has 0 atom stereocenters. The van der Waals surface area contributed by atoms with Crippen LogP contribution in [-0.2, 0) is 4.79 Å². The van der Waals surface area contributed by atoms with E-state index in [9.17, 15) is 14.9 Å². The van der Waals surface area contributed by atoms with Crippen LogP contribution in [-0.4, -0.2) is 15.2 Å². The Morgan fingerprint density at radius 1 is 1.20 bits per heavy atom. The van der Waals surface area contributed by atoms with Crippen molar-refractivity contribution in [3.8, 4) is 0 Å². The first-order valence-electron chi connectivity index (χ1n) is 7.47. The number of hydrogen-bond donors (Lipinski definition) is 0. The van der Waals surface area contributed by atoms with Gasteiger partial charge in [0.2, 0.25) is 0 Å². The van der Waals surface area contributed by atoms with Gasteiger partial charge in [0.1, 0.15) is 0 Å². The average Bonchev–Trinajstić information content (AvgIpc) is 2.82. The van der Waals surface area contributed by atoms with Crippen LogP contribution in [0.1, 0.15) is 16.7 Å². The maximum absolute atomic E-state index is 12.8. The van der Waals surface area contributed by atoms with Crippen LogP contribution < -0.4 is 4.90 Å². The Morgan fingerprint density at radius 3 is 2.60 bits per heavy atom. The maximum atomic E-state index is 12.8. The fraction of sp³-hybridized carbons (Fsp3) is 0.111. The second-order valence-electron chi connectivity index (χ2n) is 5.62. The molecule has 1 amide bonds. The number of anilines is 1. The van der Waals surface area contributed by atoms with Crippen LogP contribution in [0.2, 0.25) is 0 Å². The number of carbonyl (C=O) groups excluding carboxylic acids is 1. The summed E-state index contributed by atoms with van der Waals surface area (Å²) in [5.74, 6) is -0.264. The smallest absolute Gasteiger partial charge is 0.268 e. The Morgan fingerprint density at radius 2 is 1.92 bits per heavy atom. The highest BCUT2D eigenvalue weighted by Gasteiger charge is 2.34. The normalized spacial score (nSPS) is 15.9. The quantitative estimate of drug-likeness (QED) is 0.341. The molecule has 0 bridgehead atoms. The molecule has 0 aliphatic carbocycles. The van der Waals surface area contributed by atoms with Gasteiger partial charge < -0.3 is 0 Å². The highest BCUT2D eigenvalue weighted by atomic mass is 32.2. The number of benzene rings is 2. The van der Waals surface area contributed by atoms with E-state index in [2.05, 4.69) is 0 Å². The van der Waals surface area contributed by atoms with E-state index >= 15 is 0 Å². The van der Waals surface area contributed by atoms with Crippen molar-refractivity contribution in [2.75, 3.05) is 4.90 Å². The van der Waals surface area contributed by atoms with Crippen LogP contribution in [0.25, 0.3) is 6.08 Å². The van der Waals surface area contributed by atoms with Gasteiger partial charge in [-0.25, -0.2) is 0 Å². The fourth-order valence-electron chi connectivity index (χ4n) is 2.65. The lowest BCUT2D eigenvalue weighted by molar-refractivity contribution is -0.385. The van der Waals surface area contributed by atoms with E-state index in [0.717, 1.165) is 28.6 Å². The third-order valence-corrected chi connectivity index (χ3v) is 5.11. The monoisotopic (exact) mass is 370 g/mol. The van der Waals surface area contributed by atoms with Crippen molar-refractivity contribution in [2.24, 2.45) is 0 Å². The van der Waals surface area contributed by atoms with E-state index in [0.29, 0.717) is 14.8 Å². The number of para-hydroxylation sites is 1. The summed E-state index contributed by atoms with van der Waals surface area (Å²) in [6.07, 6.45) is 1.53. The standard InChI is InChI=1S/C18H14N2O3S2/c1-11-7-8-14(12(2)9-11)19-17(21)16(25-18(19)24)10-13-5-3-4-6-15(13)20(22)23/h3-10H,1-2H3. The second-order valence-corrected chi connectivity index (χ2v) is 7.30. The van der Waals surface area contributed by atoms with Crippen LogP contribution in [0.15, 0.2) is 47.4 Å². The molecule has 2 aromatic rings. The van der Waals surface area contributed by atoms with Crippen molar-refractivity contribution >= 4 is 51.7 Å². The highest BCUT2D eigenvalue weighted by molar-refractivity contribution is 8.27. The number of thiocarbonyl (C=S) groups is 1. The maximum Gasteiger partial charge on any atom is 0.276 e. The summed E-state index contributed by atoms with van der Waals surface area (Å²) in [6, 6.07) is 12.1. The van der Waals surface area contributed by atoms with Gasteiger partial charge in [0.05, 0.1) is 21.1 Å². The Bertz CT molecular complexity index is 938. The molecule has 3 rings (SSSR count). The second kappa shape index (κ2) is 6.78. The number of nitro benzene ring substituents is 1. The molecule has 1 fully saturated rings. The van der Waals surface area contributed by atoms with Gasteiger partial charge in [0, 0.05) is 6.07 Å². The van der Waals surface area contributed by atoms with Gasteiger partial charge in [-0.1, -0.05) is 53.8 Å². The summed E-state index contributed by atoms with van der Waals surface area (Å²) >= 11 is 6.51. The molecular formula is C18H14N2O3S2. The molecule has 0 aromatic heterocycles. The third kappa shape index (κ3) is 3.33. The van der Waals surface area contributed by atoms with Gasteiger partial charge in [-0.2, -0.15) is 0 Å². The number of nitrogens with zero attached hydrogens (tertiary/aromatic N) is 2. The SMILES string of the molecule is Cc1ccc(N2C(=O)C(=Cc3ccccc3[N+](=O)[O-])SC2=S)c(C)c1. The Kier molecular flexibility index (Phi) is 4.69. The van der Waals surface area contributed by atoms with Crippen molar-refractivity contribution in [3.05, 3.63) is 74.2 Å². The molecule has 0 spiro atoms. The topological polar surface area (TPSA) is 63.5 Å². The minimum Gasteiger partial charge on any atom is -0.268 e. The summed E-state index contributed by atoms with van der Waals surface area (Å²) in [7, 11) is 0. The number of thioether (sulfide) groups is 1. The number of amides is 1. The van der Waals surface area contributed by atoms with Crippen LogP contribution in [0.5, 0.6) is 0 Å². The highest BCUT2D eigenvalue weighted by Crippen LogP contribution is 2.38. The molecule has 1 heterocycles. The largest absolute Gasteiger partial charge is 0.276 e. The van der Waals surface area contributed by atoms with Crippen LogP contribution in [0.4, 0.5) is 11.4 Å². The minimum atomic E-state index is -0.462. The van der Waals surface area contributed by atoms with Gasteiger partial charge in [-0.15, -0.1) is 0 Å². The molecule has 0 unspecified atom stereocenters. The predicted octanol–water partition coefficient (Wildman–Crippen LogP) is 4.62. The van der Waals surface area contributed by atoms with Crippen LogP contribution in [0, 0.1) is 24.0 Å². The van der Waals surface area contributed by atoms with Gasteiger partial charge in [-0.05, 0) is 37.6 Å². The zero-order chi connectivity index (χ0) is 18.1. The summed E-state index contributed by atoms with van der Waals surface area (Å²) < 4.78 is 0.418. The molecule has 0 N–H and O–H groups in total. The number of nitro groups is 1. The summed E-state index contributed by atoms with van der Waals surface area (Å²) in [5, 5.41) is 11.2. The molecule has 1 saturated heterocycles. The third-order valence-electron chi connectivity index (χ3n) is 3.81. The lowest BCUT2D eigenvalue weighted by Gasteiger charge is -2.17. The molecule has 0 radical (unpaired) electrons. The van der Waals surface area contributed by atoms with Crippen molar-refractivity contribution in [1.82, 2.24) is 0 Å². The van der Waals surface area contributed by atoms with E-state index in [4.69, 9.17) is 12.2 Å². The summed E-state index contributed by atoms with van der Waals surface area (Å²) in [6.45, 7) is 3.90. The van der Waals surface area contributed by atoms with E-state index in [1.165, 1.54) is 17.0 Å². The molecule has 25 heavy (non-hydrogen) atoms. The predicted molar refractivity (Wildman–Crippen MR) is 105 cm³/mol. The Labute approximate surface area is 154 Å². The van der Waals surface area contributed by atoms with E-state index in [1.807, 2.05) is 32.0 Å². The van der Waals surface area contributed by atoms with Crippen LogP contribution in [0.3, 0.4) is 0 Å². The van der Waals surface area contributed by atoms with E-state index in [-0.39, 0.29) is 11.6 Å². The van der Waals surface area contributed by atoms with Crippen molar-refractivity contribution in [3.63, 3.8) is 0 Å². The molecule has 126 valence electrons. The summed E-state index contributed by atoms with van der Waals surface area (Å²) in [5.41, 5.74) is 3.12. The fourth-order valence-corrected chi connectivity index (χ4v) is 3.92. The van der Waals surface area contributed by atoms with Crippen molar-refractivity contribution < 1.29 is 9.72 Å². The first-order chi connectivity index (χ1) is 11.9. The zero-order valence-electron chi connectivity index (χ0n) is 13.6. The molecule has 1 aliphatic heterocycles.